The third-order valence-electron chi connectivity index (χ3n) is 10.7. The summed E-state index contributed by atoms with van der Waals surface area (Å²) < 4.78 is 11.1. The van der Waals surface area contributed by atoms with Crippen molar-refractivity contribution in [2.45, 2.75) is 25.7 Å². The molecule has 5 aromatic rings. The lowest BCUT2D eigenvalue weighted by molar-refractivity contribution is 0.0356. The van der Waals surface area contributed by atoms with Crippen molar-refractivity contribution in [2.75, 3.05) is 97.6 Å². The van der Waals surface area contributed by atoms with Gasteiger partial charge in [-0.05, 0) is 67.1 Å². The van der Waals surface area contributed by atoms with E-state index in [-0.39, 0.29) is 11.8 Å². The van der Waals surface area contributed by atoms with Gasteiger partial charge < -0.3 is 35.0 Å². The fourth-order valence-corrected chi connectivity index (χ4v) is 7.70. The number of aromatic amines is 2. The lowest BCUT2D eigenvalue weighted by atomic mass is 10.0. The van der Waals surface area contributed by atoms with Crippen LogP contribution in [0.5, 0.6) is 0 Å². The maximum absolute atomic E-state index is 14.7. The van der Waals surface area contributed by atoms with Crippen LogP contribution in [0.4, 0.5) is 5.69 Å². The van der Waals surface area contributed by atoms with E-state index < -0.39 is 0 Å². The van der Waals surface area contributed by atoms with Crippen molar-refractivity contribution in [3.8, 4) is 0 Å². The Morgan fingerprint density at radius 1 is 0.623 bits per heavy atom. The van der Waals surface area contributed by atoms with Crippen LogP contribution in [0, 0.1) is 0 Å². The highest BCUT2D eigenvalue weighted by molar-refractivity contribution is 6.08. The zero-order valence-corrected chi connectivity index (χ0v) is 30.7. The van der Waals surface area contributed by atoms with E-state index in [0.29, 0.717) is 55.8 Å². The summed E-state index contributed by atoms with van der Waals surface area (Å²) in [6, 6.07) is 21.7. The number of hydrogen-bond donors (Lipinski definition) is 3. The quantitative estimate of drug-likeness (QED) is 0.122. The van der Waals surface area contributed by atoms with Gasteiger partial charge in [0.15, 0.2) is 0 Å². The van der Waals surface area contributed by atoms with Gasteiger partial charge in [0.1, 0.15) is 0 Å². The van der Waals surface area contributed by atoms with Crippen LogP contribution in [0.25, 0.3) is 21.8 Å². The molecule has 2 aliphatic rings. The second kappa shape index (κ2) is 17.9. The third-order valence-corrected chi connectivity index (χ3v) is 10.7. The van der Waals surface area contributed by atoms with Gasteiger partial charge in [0.25, 0.3) is 11.8 Å². The average molecular weight is 720 g/mol. The van der Waals surface area contributed by atoms with Crippen LogP contribution in [0.15, 0.2) is 79.1 Å². The standard InChI is InChI=1S/C42H53N7O4/c43-34-11-12-37(41(50)48(17-5-15-46-21-25-52-26-22-46)19-13-32-30-44-39-9-3-1-7-35(32)39)38(29-34)42(51)49(18-6-16-47-23-27-53-28-24-47)20-14-33-31-45-40-10-4-2-8-36(33)40/h1-4,7-12,29-31,44-45H,5-6,13-28,43H2. The lowest BCUT2D eigenvalue weighted by Gasteiger charge is -2.30. The molecule has 3 aromatic carbocycles. The predicted octanol–water partition coefficient (Wildman–Crippen LogP) is 5.05. The molecular weight excluding hydrogens is 667 g/mol. The molecule has 11 nitrogen and oxygen atoms in total. The number of para-hydroxylation sites is 2. The molecular formula is C42H53N7O4. The molecule has 2 aromatic heterocycles. The predicted molar refractivity (Wildman–Crippen MR) is 210 cm³/mol. The van der Waals surface area contributed by atoms with Crippen molar-refractivity contribution in [2.24, 2.45) is 0 Å². The molecule has 4 N–H and O–H groups in total. The number of anilines is 1. The molecule has 0 bridgehead atoms. The van der Waals surface area contributed by atoms with Crippen LogP contribution in [-0.2, 0) is 22.3 Å². The summed E-state index contributed by atoms with van der Waals surface area (Å²) in [5.74, 6) is -0.299. The van der Waals surface area contributed by atoms with Crippen LogP contribution in [0.3, 0.4) is 0 Å². The van der Waals surface area contributed by atoms with Crippen molar-refractivity contribution in [1.29, 1.82) is 0 Å². The van der Waals surface area contributed by atoms with Crippen molar-refractivity contribution in [3.05, 3.63) is 101 Å². The largest absolute Gasteiger partial charge is 0.399 e. The number of nitrogens with two attached hydrogens (primary N) is 1. The lowest BCUT2D eigenvalue weighted by Crippen LogP contribution is -2.41. The van der Waals surface area contributed by atoms with Gasteiger partial charge in [-0.25, -0.2) is 0 Å². The monoisotopic (exact) mass is 719 g/mol. The number of carbonyl (C=O) groups excluding carboxylic acids is 2. The van der Waals surface area contributed by atoms with E-state index in [2.05, 4.69) is 44.0 Å². The summed E-state index contributed by atoms with van der Waals surface area (Å²) >= 11 is 0. The van der Waals surface area contributed by atoms with E-state index in [0.717, 1.165) is 95.0 Å². The number of aromatic nitrogens is 2. The molecule has 53 heavy (non-hydrogen) atoms. The number of carbonyl (C=O) groups is 2. The molecule has 11 heteroatoms. The second-order valence-corrected chi connectivity index (χ2v) is 14.2. The molecule has 0 atom stereocenters. The Morgan fingerprint density at radius 2 is 1.09 bits per heavy atom. The van der Waals surface area contributed by atoms with Crippen LogP contribution >= 0.6 is 0 Å². The third kappa shape index (κ3) is 9.28. The summed E-state index contributed by atoms with van der Waals surface area (Å²) in [6.45, 7) is 10.5. The molecule has 0 unspecified atom stereocenters. The number of benzene rings is 3. The zero-order chi connectivity index (χ0) is 36.4. The summed E-state index contributed by atoms with van der Waals surface area (Å²) in [6.07, 6.45) is 7.13. The van der Waals surface area contributed by atoms with E-state index in [1.807, 2.05) is 46.5 Å². The summed E-state index contributed by atoms with van der Waals surface area (Å²) in [7, 11) is 0. The van der Waals surface area contributed by atoms with E-state index in [1.165, 1.54) is 16.5 Å². The van der Waals surface area contributed by atoms with Gasteiger partial charge in [-0.2, -0.15) is 0 Å². The van der Waals surface area contributed by atoms with Gasteiger partial charge in [0.2, 0.25) is 0 Å². The Hall–Kier alpha value is -4.68. The minimum Gasteiger partial charge on any atom is -0.399 e. The number of amides is 2. The van der Waals surface area contributed by atoms with Crippen LogP contribution < -0.4 is 5.73 Å². The molecule has 0 spiro atoms. The van der Waals surface area contributed by atoms with E-state index in [1.54, 1.807) is 18.2 Å². The van der Waals surface area contributed by atoms with Gasteiger partial charge in [-0.3, -0.25) is 19.4 Å². The Labute approximate surface area is 312 Å². The number of H-pyrrole nitrogens is 2. The number of nitrogens with zero attached hydrogens (tertiary/aromatic N) is 4. The van der Waals surface area contributed by atoms with Crippen LogP contribution in [0.2, 0.25) is 0 Å². The average Bonchev–Trinajstić information content (AvgIpc) is 3.82. The number of fused-ring (bicyclic) bond motifs is 2. The molecule has 280 valence electrons. The normalized spacial score (nSPS) is 15.6. The zero-order valence-electron chi connectivity index (χ0n) is 30.7. The first-order valence-corrected chi connectivity index (χ1v) is 19.2. The smallest absolute Gasteiger partial charge is 0.254 e. The van der Waals surface area contributed by atoms with Crippen LogP contribution in [-0.4, -0.2) is 133 Å². The maximum Gasteiger partial charge on any atom is 0.254 e. The number of hydrogen-bond acceptors (Lipinski definition) is 7. The second-order valence-electron chi connectivity index (χ2n) is 14.2. The Morgan fingerprint density at radius 3 is 1.60 bits per heavy atom. The Bertz CT molecular complexity index is 1960. The molecule has 4 heterocycles. The summed E-state index contributed by atoms with van der Waals surface area (Å²) in [4.78, 5) is 44.8. The molecule has 2 fully saturated rings. The van der Waals surface area contributed by atoms with Gasteiger partial charge in [0, 0.05) is 105 Å². The fourth-order valence-electron chi connectivity index (χ4n) is 7.70. The number of rotatable bonds is 16. The number of nitrogen functional groups attached to an aromatic ring is 1. The summed E-state index contributed by atoms with van der Waals surface area (Å²) in [5, 5.41) is 2.33. The van der Waals surface area contributed by atoms with Crippen molar-refractivity contribution in [3.63, 3.8) is 0 Å². The first-order chi connectivity index (χ1) is 26.0. The topological polar surface area (TPSA) is 123 Å². The van der Waals surface area contributed by atoms with Gasteiger partial charge >= 0.3 is 0 Å². The number of ether oxygens (including phenoxy) is 2. The highest BCUT2D eigenvalue weighted by Crippen LogP contribution is 2.23. The highest BCUT2D eigenvalue weighted by Gasteiger charge is 2.26. The van der Waals surface area contributed by atoms with E-state index in [4.69, 9.17) is 15.2 Å². The van der Waals surface area contributed by atoms with Crippen LogP contribution in [0.1, 0.15) is 44.7 Å². The van der Waals surface area contributed by atoms with E-state index >= 15 is 0 Å². The molecule has 0 aliphatic carbocycles. The molecule has 2 saturated heterocycles. The first-order valence-electron chi connectivity index (χ1n) is 19.2. The van der Waals surface area contributed by atoms with Crippen molar-refractivity contribution in [1.82, 2.24) is 29.6 Å². The molecule has 2 amide bonds. The Balaban J connectivity index is 1.12. The molecule has 2 aliphatic heterocycles. The van der Waals surface area contributed by atoms with Gasteiger partial charge in [0.05, 0.1) is 37.6 Å². The van der Waals surface area contributed by atoms with Crippen molar-refractivity contribution >= 4 is 39.3 Å². The van der Waals surface area contributed by atoms with Gasteiger partial charge in [-0.15, -0.1) is 0 Å². The SMILES string of the molecule is Nc1ccc(C(=O)N(CCCN2CCOCC2)CCc2c[nH]c3ccccc23)c(C(=O)N(CCCN2CCOCC2)CCc2c[nH]c3ccccc23)c1. The Kier molecular flexibility index (Phi) is 12.4. The summed E-state index contributed by atoms with van der Waals surface area (Å²) in [5.41, 5.74) is 12.1. The van der Waals surface area contributed by atoms with Gasteiger partial charge in [-0.1, -0.05) is 36.4 Å². The minimum absolute atomic E-state index is 0.139. The molecule has 0 radical (unpaired) electrons. The highest BCUT2D eigenvalue weighted by atomic mass is 16.5. The fraction of sp³-hybridized carbons (Fsp3) is 0.429. The van der Waals surface area contributed by atoms with Crippen molar-refractivity contribution < 1.29 is 19.1 Å². The minimum atomic E-state index is -0.160. The number of nitrogens with one attached hydrogen (secondary N) is 2. The van der Waals surface area contributed by atoms with E-state index in [9.17, 15) is 9.59 Å². The molecule has 0 saturated carbocycles. The first kappa shape index (κ1) is 36.7. The molecule has 7 rings (SSSR count). The maximum atomic E-state index is 14.7. The number of morpholine rings is 2.